The van der Waals surface area contributed by atoms with E-state index in [4.69, 9.17) is 5.11 Å². The predicted molar refractivity (Wildman–Crippen MR) is 67.0 cm³/mol. The summed E-state index contributed by atoms with van der Waals surface area (Å²) in [7, 11) is 0. The van der Waals surface area contributed by atoms with E-state index in [9.17, 15) is 9.59 Å². The zero-order valence-corrected chi connectivity index (χ0v) is 10.7. The SMILES string of the molecule is O=C(O)CSCC(=O)N(CC1CC1)CC1CC1. The highest BCUT2D eigenvalue weighted by Crippen LogP contribution is 2.33. The Hall–Kier alpha value is -0.710. The molecular weight excluding hydrogens is 238 g/mol. The molecule has 2 saturated carbocycles. The Bertz CT molecular complexity index is 286. The molecule has 4 nitrogen and oxygen atoms in total. The van der Waals surface area contributed by atoms with Gasteiger partial charge in [0, 0.05) is 13.1 Å². The zero-order valence-electron chi connectivity index (χ0n) is 9.93. The summed E-state index contributed by atoms with van der Waals surface area (Å²) in [6, 6.07) is 0. The van der Waals surface area contributed by atoms with Crippen molar-refractivity contribution in [1.29, 1.82) is 0 Å². The van der Waals surface area contributed by atoms with Crippen LogP contribution in [-0.2, 0) is 9.59 Å². The van der Waals surface area contributed by atoms with Crippen LogP contribution in [-0.4, -0.2) is 46.5 Å². The summed E-state index contributed by atoms with van der Waals surface area (Å²) in [4.78, 5) is 24.3. The first-order valence-electron chi connectivity index (χ1n) is 6.22. The molecule has 0 aromatic rings. The van der Waals surface area contributed by atoms with Gasteiger partial charge in [0.1, 0.15) is 0 Å². The Morgan fingerprint density at radius 2 is 1.59 bits per heavy atom. The Labute approximate surface area is 106 Å². The summed E-state index contributed by atoms with van der Waals surface area (Å²) in [6.07, 6.45) is 4.99. The van der Waals surface area contributed by atoms with Gasteiger partial charge < -0.3 is 10.0 Å². The summed E-state index contributed by atoms with van der Waals surface area (Å²) in [5, 5.41) is 8.53. The maximum Gasteiger partial charge on any atom is 0.313 e. The molecule has 0 atom stereocenters. The lowest BCUT2D eigenvalue weighted by atomic mass is 10.3. The van der Waals surface area contributed by atoms with Crippen molar-refractivity contribution in [3.63, 3.8) is 0 Å². The molecule has 0 aliphatic heterocycles. The molecule has 2 aliphatic rings. The third kappa shape index (κ3) is 4.98. The molecule has 0 saturated heterocycles. The summed E-state index contributed by atoms with van der Waals surface area (Å²) in [5.41, 5.74) is 0. The second kappa shape index (κ2) is 5.76. The number of hydrogen-bond acceptors (Lipinski definition) is 3. The first kappa shape index (κ1) is 12.7. The van der Waals surface area contributed by atoms with Gasteiger partial charge in [-0.1, -0.05) is 0 Å². The van der Waals surface area contributed by atoms with Gasteiger partial charge in [0.2, 0.25) is 5.91 Å². The Kier molecular flexibility index (Phi) is 4.31. The zero-order chi connectivity index (χ0) is 12.3. The van der Waals surface area contributed by atoms with Crippen LogP contribution in [0.5, 0.6) is 0 Å². The Morgan fingerprint density at radius 3 is 2.00 bits per heavy atom. The van der Waals surface area contributed by atoms with Gasteiger partial charge in [-0.2, -0.15) is 0 Å². The number of amides is 1. The first-order chi connectivity index (χ1) is 8.15. The summed E-state index contributed by atoms with van der Waals surface area (Å²) in [5.74, 6) is 1.02. The number of nitrogens with zero attached hydrogens (tertiary/aromatic N) is 1. The van der Waals surface area contributed by atoms with Crippen LogP contribution in [0.4, 0.5) is 0 Å². The molecule has 5 heteroatoms. The summed E-state index contributed by atoms with van der Waals surface area (Å²) < 4.78 is 0. The highest BCUT2D eigenvalue weighted by molar-refractivity contribution is 8.00. The number of thioether (sulfide) groups is 1. The normalized spacial score (nSPS) is 19.1. The number of rotatable bonds is 8. The molecule has 0 aromatic carbocycles. The molecule has 0 aromatic heterocycles. The van der Waals surface area contributed by atoms with E-state index in [1.165, 1.54) is 37.4 Å². The highest BCUT2D eigenvalue weighted by Gasteiger charge is 2.31. The summed E-state index contributed by atoms with van der Waals surface area (Å²) >= 11 is 1.20. The van der Waals surface area contributed by atoms with Crippen LogP contribution in [0.1, 0.15) is 25.7 Å². The fourth-order valence-electron chi connectivity index (χ4n) is 1.82. The van der Waals surface area contributed by atoms with Gasteiger partial charge in [-0.3, -0.25) is 9.59 Å². The van der Waals surface area contributed by atoms with Crippen LogP contribution in [0.25, 0.3) is 0 Å². The maximum absolute atomic E-state index is 12.0. The van der Waals surface area contributed by atoms with E-state index < -0.39 is 5.97 Å². The molecule has 0 heterocycles. The molecule has 0 unspecified atom stereocenters. The number of carbonyl (C=O) groups is 2. The molecule has 0 spiro atoms. The van der Waals surface area contributed by atoms with Crippen LogP contribution < -0.4 is 0 Å². The molecule has 2 fully saturated rings. The lowest BCUT2D eigenvalue weighted by Crippen LogP contribution is -2.36. The average molecular weight is 257 g/mol. The van der Waals surface area contributed by atoms with Crippen LogP contribution >= 0.6 is 11.8 Å². The smallest absolute Gasteiger partial charge is 0.313 e. The minimum Gasteiger partial charge on any atom is -0.481 e. The molecule has 96 valence electrons. The second-order valence-corrected chi connectivity index (χ2v) is 6.06. The topological polar surface area (TPSA) is 57.6 Å². The molecular formula is C12H19NO3S. The van der Waals surface area contributed by atoms with E-state index in [2.05, 4.69) is 0 Å². The van der Waals surface area contributed by atoms with Crippen LogP contribution in [0.15, 0.2) is 0 Å². The first-order valence-corrected chi connectivity index (χ1v) is 7.38. The van der Waals surface area contributed by atoms with E-state index in [1.807, 2.05) is 4.90 Å². The van der Waals surface area contributed by atoms with Gasteiger partial charge in [-0.05, 0) is 37.5 Å². The fourth-order valence-corrected chi connectivity index (χ4v) is 2.45. The minimum atomic E-state index is -0.848. The van der Waals surface area contributed by atoms with Gasteiger partial charge in [-0.15, -0.1) is 11.8 Å². The van der Waals surface area contributed by atoms with E-state index in [0.29, 0.717) is 17.6 Å². The van der Waals surface area contributed by atoms with Crippen LogP contribution in [0.3, 0.4) is 0 Å². The van der Waals surface area contributed by atoms with Crippen LogP contribution in [0.2, 0.25) is 0 Å². The molecule has 17 heavy (non-hydrogen) atoms. The van der Waals surface area contributed by atoms with Gasteiger partial charge in [-0.25, -0.2) is 0 Å². The van der Waals surface area contributed by atoms with Crippen molar-refractivity contribution in [2.45, 2.75) is 25.7 Å². The van der Waals surface area contributed by atoms with Crippen molar-refractivity contribution in [2.75, 3.05) is 24.6 Å². The van der Waals surface area contributed by atoms with Crippen molar-refractivity contribution >= 4 is 23.6 Å². The Morgan fingerprint density at radius 1 is 1.06 bits per heavy atom. The second-order valence-electron chi connectivity index (χ2n) is 5.07. The Balaban J connectivity index is 1.71. The van der Waals surface area contributed by atoms with Crippen molar-refractivity contribution in [3.05, 3.63) is 0 Å². The van der Waals surface area contributed by atoms with Gasteiger partial charge in [0.15, 0.2) is 0 Å². The number of carboxylic acids is 1. The van der Waals surface area contributed by atoms with Gasteiger partial charge in [0.05, 0.1) is 11.5 Å². The predicted octanol–water partition coefficient (Wildman–Crippen LogP) is 1.45. The third-order valence-electron chi connectivity index (χ3n) is 3.15. The van der Waals surface area contributed by atoms with Crippen LogP contribution in [0, 0.1) is 11.8 Å². The van der Waals surface area contributed by atoms with Crippen molar-refractivity contribution in [2.24, 2.45) is 11.8 Å². The largest absolute Gasteiger partial charge is 0.481 e. The third-order valence-corrected chi connectivity index (χ3v) is 4.06. The molecule has 0 bridgehead atoms. The van der Waals surface area contributed by atoms with E-state index >= 15 is 0 Å². The maximum atomic E-state index is 12.0. The lowest BCUT2D eigenvalue weighted by Gasteiger charge is -2.22. The molecule has 1 N–H and O–H groups in total. The summed E-state index contributed by atoms with van der Waals surface area (Å²) in [6.45, 7) is 1.78. The lowest BCUT2D eigenvalue weighted by molar-refractivity contribution is -0.133. The monoisotopic (exact) mass is 257 g/mol. The number of carboxylic acid groups (broad SMARTS) is 1. The number of carbonyl (C=O) groups excluding carboxylic acids is 1. The van der Waals surface area contributed by atoms with Crippen molar-refractivity contribution < 1.29 is 14.7 Å². The number of aliphatic carboxylic acids is 1. The van der Waals surface area contributed by atoms with Gasteiger partial charge in [0.25, 0.3) is 0 Å². The fraction of sp³-hybridized carbons (Fsp3) is 0.833. The highest BCUT2D eigenvalue weighted by atomic mass is 32.2. The standard InChI is InChI=1S/C12H19NO3S/c14-11(7-17-8-12(15)16)13(5-9-1-2-9)6-10-3-4-10/h9-10H,1-8H2,(H,15,16). The van der Waals surface area contributed by atoms with Crippen molar-refractivity contribution in [3.8, 4) is 0 Å². The van der Waals surface area contributed by atoms with E-state index in [0.717, 1.165) is 13.1 Å². The quantitative estimate of drug-likeness (QED) is 0.715. The number of hydrogen-bond donors (Lipinski definition) is 1. The van der Waals surface area contributed by atoms with Crippen molar-refractivity contribution in [1.82, 2.24) is 4.90 Å². The molecule has 2 aliphatic carbocycles. The average Bonchev–Trinajstić information content (AvgIpc) is 3.10. The van der Waals surface area contributed by atoms with E-state index in [-0.39, 0.29) is 11.7 Å². The van der Waals surface area contributed by atoms with Gasteiger partial charge >= 0.3 is 5.97 Å². The van der Waals surface area contributed by atoms with E-state index in [1.54, 1.807) is 0 Å². The molecule has 0 radical (unpaired) electrons. The minimum absolute atomic E-state index is 0.0203. The molecule has 1 amide bonds. The molecule has 2 rings (SSSR count).